The summed E-state index contributed by atoms with van der Waals surface area (Å²) in [6.45, 7) is 3.67. The Hall–Kier alpha value is -1.59. The van der Waals surface area contributed by atoms with E-state index < -0.39 is 0 Å². The van der Waals surface area contributed by atoms with Gasteiger partial charge in [0.15, 0.2) is 12.4 Å². The molecule has 1 atom stereocenters. The highest BCUT2D eigenvalue weighted by Gasteiger charge is 2.15. The van der Waals surface area contributed by atoms with Gasteiger partial charge in [0, 0.05) is 24.6 Å². The largest absolute Gasteiger partial charge is 0.484 e. The second kappa shape index (κ2) is 9.43. The molecular formula is C16H23ClN2O3. The number of Topliss-reactive ketones (excluding diaryl/α,β-unsaturated/α-hetero) is 1. The van der Waals surface area contributed by atoms with E-state index >= 15 is 0 Å². The Morgan fingerprint density at radius 1 is 1.32 bits per heavy atom. The van der Waals surface area contributed by atoms with Gasteiger partial charge in [-0.05, 0) is 43.7 Å². The molecule has 1 aromatic carbocycles. The van der Waals surface area contributed by atoms with Crippen LogP contribution in [0.5, 0.6) is 5.75 Å². The highest BCUT2D eigenvalue weighted by molar-refractivity contribution is 5.95. The predicted molar refractivity (Wildman–Crippen MR) is 87.8 cm³/mol. The number of hydrogen-bond acceptors (Lipinski definition) is 4. The molecule has 22 heavy (non-hydrogen) atoms. The van der Waals surface area contributed by atoms with Crippen molar-refractivity contribution in [1.29, 1.82) is 0 Å². The number of benzene rings is 1. The molecule has 1 aliphatic rings. The smallest absolute Gasteiger partial charge is 0.258 e. The molecule has 0 unspecified atom stereocenters. The molecule has 1 fully saturated rings. The van der Waals surface area contributed by atoms with Crippen LogP contribution in [0.1, 0.15) is 36.5 Å². The lowest BCUT2D eigenvalue weighted by atomic mass is 10.1. The standard InChI is InChI=1S/C16H22N2O3.ClH/c1-2-15(19)12-5-7-14(8-6-12)21-11-16(20)18-13-4-3-9-17-10-13;/h5-8,13,17H,2-4,9-11H2,1H3,(H,18,20);1H/t13-;/m0./s1. The average molecular weight is 327 g/mol. The number of ketones is 1. The summed E-state index contributed by atoms with van der Waals surface area (Å²) in [5.41, 5.74) is 0.669. The van der Waals surface area contributed by atoms with Crippen LogP contribution >= 0.6 is 12.4 Å². The highest BCUT2D eigenvalue weighted by Crippen LogP contribution is 2.13. The van der Waals surface area contributed by atoms with Crippen molar-refractivity contribution in [3.63, 3.8) is 0 Å². The third kappa shape index (κ3) is 5.66. The fourth-order valence-electron chi connectivity index (χ4n) is 2.33. The zero-order valence-corrected chi connectivity index (χ0v) is 13.6. The lowest BCUT2D eigenvalue weighted by molar-refractivity contribution is -0.123. The summed E-state index contributed by atoms with van der Waals surface area (Å²) < 4.78 is 5.43. The van der Waals surface area contributed by atoms with Gasteiger partial charge in [-0.25, -0.2) is 0 Å². The van der Waals surface area contributed by atoms with Gasteiger partial charge in [0.2, 0.25) is 0 Å². The maximum Gasteiger partial charge on any atom is 0.258 e. The molecule has 2 N–H and O–H groups in total. The predicted octanol–water partition coefficient (Wildman–Crippen LogP) is 1.95. The summed E-state index contributed by atoms with van der Waals surface area (Å²) in [6.07, 6.45) is 2.57. The molecule has 0 aromatic heterocycles. The molecule has 0 saturated carbocycles. The Kier molecular flexibility index (Phi) is 7.91. The van der Waals surface area contributed by atoms with E-state index in [0.29, 0.717) is 17.7 Å². The van der Waals surface area contributed by atoms with Gasteiger partial charge in [-0.15, -0.1) is 12.4 Å². The van der Waals surface area contributed by atoms with E-state index in [1.54, 1.807) is 24.3 Å². The summed E-state index contributed by atoms with van der Waals surface area (Å²) in [5, 5.41) is 6.20. The molecule has 1 aliphatic heterocycles. The van der Waals surface area contributed by atoms with Crippen LogP contribution in [-0.2, 0) is 4.79 Å². The minimum Gasteiger partial charge on any atom is -0.484 e. The Bertz CT molecular complexity index is 485. The number of carbonyl (C=O) groups is 2. The van der Waals surface area contributed by atoms with Crippen molar-refractivity contribution in [2.75, 3.05) is 19.7 Å². The van der Waals surface area contributed by atoms with Gasteiger partial charge in [-0.2, -0.15) is 0 Å². The number of rotatable bonds is 6. The first-order chi connectivity index (χ1) is 10.2. The van der Waals surface area contributed by atoms with Crippen LogP contribution < -0.4 is 15.4 Å². The molecule has 1 heterocycles. The maximum atomic E-state index is 11.8. The number of hydrogen-bond donors (Lipinski definition) is 2. The molecule has 1 saturated heterocycles. The Morgan fingerprint density at radius 3 is 2.64 bits per heavy atom. The lowest BCUT2D eigenvalue weighted by Crippen LogP contribution is -2.46. The zero-order valence-electron chi connectivity index (χ0n) is 12.8. The maximum absolute atomic E-state index is 11.8. The summed E-state index contributed by atoms with van der Waals surface area (Å²) in [5.74, 6) is 0.584. The van der Waals surface area contributed by atoms with E-state index in [4.69, 9.17) is 4.74 Å². The van der Waals surface area contributed by atoms with Crippen LogP contribution in [0.15, 0.2) is 24.3 Å². The van der Waals surface area contributed by atoms with Gasteiger partial charge in [-0.1, -0.05) is 6.92 Å². The summed E-state index contributed by atoms with van der Waals surface area (Å²) in [7, 11) is 0. The van der Waals surface area contributed by atoms with Gasteiger partial charge < -0.3 is 15.4 Å². The van der Waals surface area contributed by atoms with Gasteiger partial charge in [0.1, 0.15) is 5.75 Å². The van der Waals surface area contributed by atoms with Crippen LogP contribution in [0.25, 0.3) is 0 Å². The van der Waals surface area contributed by atoms with Crippen molar-refractivity contribution in [2.45, 2.75) is 32.2 Å². The van der Waals surface area contributed by atoms with E-state index in [1.165, 1.54) is 0 Å². The lowest BCUT2D eigenvalue weighted by Gasteiger charge is -2.23. The van der Waals surface area contributed by atoms with E-state index in [0.717, 1.165) is 25.9 Å². The van der Waals surface area contributed by atoms with Gasteiger partial charge in [-0.3, -0.25) is 9.59 Å². The molecule has 1 aromatic rings. The second-order valence-corrected chi connectivity index (χ2v) is 5.20. The molecule has 0 aliphatic carbocycles. The van der Waals surface area contributed by atoms with E-state index in [2.05, 4.69) is 10.6 Å². The van der Waals surface area contributed by atoms with E-state index in [9.17, 15) is 9.59 Å². The number of carbonyl (C=O) groups excluding carboxylic acids is 2. The van der Waals surface area contributed by atoms with Crippen LogP contribution in [-0.4, -0.2) is 37.4 Å². The van der Waals surface area contributed by atoms with Gasteiger partial charge in [0.05, 0.1) is 0 Å². The Morgan fingerprint density at radius 2 is 2.05 bits per heavy atom. The minimum absolute atomic E-state index is 0. The fourth-order valence-corrected chi connectivity index (χ4v) is 2.33. The van der Waals surface area contributed by atoms with Crippen molar-refractivity contribution in [2.24, 2.45) is 0 Å². The van der Waals surface area contributed by atoms with Crippen molar-refractivity contribution < 1.29 is 14.3 Å². The van der Waals surface area contributed by atoms with Crippen molar-refractivity contribution in [3.05, 3.63) is 29.8 Å². The quantitative estimate of drug-likeness (QED) is 0.784. The number of halogens is 1. The van der Waals surface area contributed by atoms with E-state index in [-0.39, 0.29) is 36.7 Å². The molecule has 1 amide bonds. The summed E-state index contributed by atoms with van der Waals surface area (Å²) in [4.78, 5) is 23.3. The van der Waals surface area contributed by atoms with Gasteiger partial charge >= 0.3 is 0 Å². The van der Waals surface area contributed by atoms with Crippen LogP contribution in [0, 0.1) is 0 Å². The first-order valence-electron chi connectivity index (χ1n) is 7.45. The molecular weight excluding hydrogens is 304 g/mol. The topological polar surface area (TPSA) is 67.4 Å². The van der Waals surface area contributed by atoms with Crippen LogP contribution in [0.2, 0.25) is 0 Å². The fraction of sp³-hybridized carbons (Fsp3) is 0.500. The summed E-state index contributed by atoms with van der Waals surface area (Å²) >= 11 is 0. The monoisotopic (exact) mass is 326 g/mol. The molecule has 6 heteroatoms. The normalized spacial score (nSPS) is 17.2. The SMILES string of the molecule is CCC(=O)c1ccc(OCC(=O)N[C@H]2CCCNC2)cc1.Cl. The molecule has 0 spiro atoms. The number of nitrogens with one attached hydrogen (secondary N) is 2. The van der Waals surface area contributed by atoms with Crippen LogP contribution in [0.3, 0.4) is 0 Å². The molecule has 0 radical (unpaired) electrons. The number of ether oxygens (including phenoxy) is 1. The first-order valence-corrected chi connectivity index (χ1v) is 7.45. The Balaban J connectivity index is 0.00000242. The molecule has 2 rings (SSSR count). The van der Waals surface area contributed by atoms with E-state index in [1.807, 2.05) is 6.92 Å². The first kappa shape index (κ1) is 18.5. The molecule has 0 bridgehead atoms. The third-order valence-electron chi connectivity index (χ3n) is 3.53. The number of amides is 1. The second-order valence-electron chi connectivity index (χ2n) is 5.20. The number of piperidine rings is 1. The third-order valence-corrected chi connectivity index (χ3v) is 3.53. The Labute approximate surface area is 137 Å². The molecule has 122 valence electrons. The van der Waals surface area contributed by atoms with Gasteiger partial charge in [0.25, 0.3) is 5.91 Å². The highest BCUT2D eigenvalue weighted by atomic mass is 35.5. The van der Waals surface area contributed by atoms with Crippen molar-refractivity contribution in [3.8, 4) is 5.75 Å². The van der Waals surface area contributed by atoms with Crippen molar-refractivity contribution >= 4 is 24.1 Å². The zero-order chi connectivity index (χ0) is 15.1. The summed E-state index contributed by atoms with van der Waals surface area (Å²) in [6, 6.07) is 7.09. The van der Waals surface area contributed by atoms with Crippen molar-refractivity contribution in [1.82, 2.24) is 10.6 Å². The average Bonchev–Trinajstić information content (AvgIpc) is 2.53. The molecule has 5 nitrogen and oxygen atoms in total. The van der Waals surface area contributed by atoms with Crippen LogP contribution in [0.4, 0.5) is 0 Å². The minimum atomic E-state index is -0.114.